The van der Waals surface area contributed by atoms with Gasteiger partial charge in [0.1, 0.15) is 0 Å². The van der Waals surface area contributed by atoms with Gasteiger partial charge in [-0.1, -0.05) is 6.07 Å². The van der Waals surface area contributed by atoms with E-state index in [4.69, 9.17) is 4.74 Å². The van der Waals surface area contributed by atoms with Crippen LogP contribution in [0.2, 0.25) is 0 Å². The monoisotopic (exact) mass is 223 g/mol. The van der Waals surface area contributed by atoms with Gasteiger partial charge in [-0.25, -0.2) is 0 Å². The molecule has 0 aromatic carbocycles. The van der Waals surface area contributed by atoms with Gasteiger partial charge in [-0.2, -0.15) is 0 Å². The molecule has 0 aliphatic carbocycles. The van der Waals surface area contributed by atoms with Crippen molar-refractivity contribution in [3.8, 4) is 0 Å². The Morgan fingerprint density at radius 2 is 2.38 bits per heavy atom. The average molecular weight is 223 g/mol. The van der Waals surface area contributed by atoms with Crippen LogP contribution in [-0.4, -0.2) is 22.7 Å². The Labute approximate surface area is 95.3 Å². The highest BCUT2D eigenvalue weighted by molar-refractivity contribution is 5.69. The summed E-state index contributed by atoms with van der Waals surface area (Å²) in [5, 5.41) is 9.49. The second-order valence-corrected chi connectivity index (χ2v) is 3.53. The van der Waals surface area contributed by atoms with E-state index in [1.54, 1.807) is 26.1 Å². The standard InChI is InChI=1S/C12H17NO3/c1-3-16-11(15)7-6-10-5-4-8-13-12(10)9(2)14/h4-5,8-9,14H,3,6-7H2,1-2H3. The largest absolute Gasteiger partial charge is 0.466 e. The summed E-state index contributed by atoms with van der Waals surface area (Å²) in [6.45, 7) is 3.84. The number of rotatable bonds is 5. The molecule has 0 bridgehead atoms. The first-order valence-electron chi connectivity index (χ1n) is 5.42. The van der Waals surface area contributed by atoms with E-state index in [0.717, 1.165) is 5.56 Å². The normalized spacial score (nSPS) is 12.2. The molecule has 1 atom stereocenters. The van der Waals surface area contributed by atoms with Crippen molar-refractivity contribution in [2.75, 3.05) is 6.61 Å². The summed E-state index contributed by atoms with van der Waals surface area (Å²) >= 11 is 0. The molecular weight excluding hydrogens is 206 g/mol. The molecule has 1 unspecified atom stereocenters. The van der Waals surface area contributed by atoms with Gasteiger partial charge in [0, 0.05) is 12.6 Å². The predicted octanol–water partition coefficient (Wildman–Crippen LogP) is 1.63. The number of aromatic nitrogens is 1. The van der Waals surface area contributed by atoms with Crippen LogP contribution in [-0.2, 0) is 16.0 Å². The van der Waals surface area contributed by atoms with Gasteiger partial charge < -0.3 is 9.84 Å². The molecule has 0 aliphatic heterocycles. The highest BCUT2D eigenvalue weighted by Crippen LogP contribution is 2.16. The molecule has 88 valence electrons. The number of aliphatic hydroxyl groups is 1. The summed E-state index contributed by atoms with van der Waals surface area (Å²) in [6, 6.07) is 3.67. The molecular formula is C12H17NO3. The Balaban J connectivity index is 2.63. The lowest BCUT2D eigenvalue weighted by atomic mass is 10.1. The summed E-state index contributed by atoms with van der Waals surface area (Å²) in [5.74, 6) is -0.220. The third kappa shape index (κ3) is 3.62. The molecule has 1 aromatic heterocycles. The van der Waals surface area contributed by atoms with Crippen molar-refractivity contribution >= 4 is 5.97 Å². The van der Waals surface area contributed by atoms with Gasteiger partial charge in [0.05, 0.1) is 18.4 Å². The van der Waals surface area contributed by atoms with E-state index in [1.807, 2.05) is 6.07 Å². The Kier molecular flexibility index (Phi) is 4.92. The molecule has 4 heteroatoms. The van der Waals surface area contributed by atoms with E-state index in [-0.39, 0.29) is 5.97 Å². The van der Waals surface area contributed by atoms with E-state index in [9.17, 15) is 9.90 Å². The van der Waals surface area contributed by atoms with Gasteiger partial charge in [0.2, 0.25) is 0 Å². The Morgan fingerprint density at radius 3 is 3.00 bits per heavy atom. The quantitative estimate of drug-likeness (QED) is 0.771. The van der Waals surface area contributed by atoms with Gasteiger partial charge >= 0.3 is 5.97 Å². The number of carbonyl (C=O) groups excluding carboxylic acids is 1. The third-order valence-electron chi connectivity index (χ3n) is 2.23. The lowest BCUT2D eigenvalue weighted by molar-refractivity contribution is -0.143. The van der Waals surface area contributed by atoms with E-state index >= 15 is 0 Å². The van der Waals surface area contributed by atoms with Crippen molar-refractivity contribution in [1.82, 2.24) is 4.98 Å². The maximum atomic E-state index is 11.2. The lowest BCUT2D eigenvalue weighted by Gasteiger charge is -2.09. The van der Waals surface area contributed by atoms with Crippen LogP contribution in [0.25, 0.3) is 0 Å². The first-order valence-corrected chi connectivity index (χ1v) is 5.42. The summed E-state index contributed by atoms with van der Waals surface area (Å²) in [7, 11) is 0. The van der Waals surface area contributed by atoms with Gasteiger partial charge in [0.25, 0.3) is 0 Å². The van der Waals surface area contributed by atoms with Crippen LogP contribution in [0.5, 0.6) is 0 Å². The molecule has 16 heavy (non-hydrogen) atoms. The molecule has 0 radical (unpaired) electrons. The molecule has 0 spiro atoms. The Morgan fingerprint density at radius 1 is 1.62 bits per heavy atom. The van der Waals surface area contributed by atoms with Crippen molar-refractivity contribution in [3.63, 3.8) is 0 Å². The number of pyridine rings is 1. The summed E-state index contributed by atoms with van der Waals surface area (Å²) < 4.78 is 4.84. The summed E-state index contributed by atoms with van der Waals surface area (Å²) in [4.78, 5) is 15.3. The average Bonchev–Trinajstić information content (AvgIpc) is 2.27. The zero-order chi connectivity index (χ0) is 12.0. The number of hydrogen-bond donors (Lipinski definition) is 1. The molecule has 1 N–H and O–H groups in total. The predicted molar refractivity (Wildman–Crippen MR) is 59.8 cm³/mol. The fourth-order valence-corrected chi connectivity index (χ4v) is 1.51. The number of aryl methyl sites for hydroxylation is 1. The molecule has 1 heterocycles. The smallest absolute Gasteiger partial charge is 0.306 e. The van der Waals surface area contributed by atoms with Crippen LogP contribution in [0.1, 0.15) is 37.6 Å². The van der Waals surface area contributed by atoms with Crippen molar-refractivity contribution in [1.29, 1.82) is 0 Å². The van der Waals surface area contributed by atoms with Crippen LogP contribution in [0.15, 0.2) is 18.3 Å². The summed E-state index contributed by atoms with van der Waals surface area (Å²) in [5.41, 5.74) is 1.53. The van der Waals surface area contributed by atoms with Crippen LogP contribution in [0, 0.1) is 0 Å². The Bertz CT molecular complexity index is 350. The fourth-order valence-electron chi connectivity index (χ4n) is 1.51. The molecule has 0 aliphatic rings. The maximum absolute atomic E-state index is 11.2. The highest BCUT2D eigenvalue weighted by atomic mass is 16.5. The number of nitrogens with zero attached hydrogens (tertiary/aromatic N) is 1. The number of ether oxygens (including phenoxy) is 1. The molecule has 1 aromatic rings. The topological polar surface area (TPSA) is 59.4 Å². The second kappa shape index (κ2) is 6.23. The SMILES string of the molecule is CCOC(=O)CCc1cccnc1C(C)O. The van der Waals surface area contributed by atoms with Crippen LogP contribution >= 0.6 is 0 Å². The number of hydrogen-bond acceptors (Lipinski definition) is 4. The van der Waals surface area contributed by atoms with Gasteiger partial charge in [-0.3, -0.25) is 9.78 Å². The molecule has 0 saturated carbocycles. The van der Waals surface area contributed by atoms with E-state index < -0.39 is 6.10 Å². The molecule has 0 saturated heterocycles. The van der Waals surface area contributed by atoms with Crippen molar-refractivity contribution in [3.05, 3.63) is 29.6 Å². The molecule has 0 amide bonds. The molecule has 0 fully saturated rings. The van der Waals surface area contributed by atoms with E-state index in [2.05, 4.69) is 4.98 Å². The zero-order valence-corrected chi connectivity index (χ0v) is 9.64. The number of carbonyl (C=O) groups is 1. The fraction of sp³-hybridized carbons (Fsp3) is 0.500. The van der Waals surface area contributed by atoms with Crippen LogP contribution in [0.3, 0.4) is 0 Å². The Hall–Kier alpha value is -1.42. The minimum atomic E-state index is -0.613. The zero-order valence-electron chi connectivity index (χ0n) is 9.64. The maximum Gasteiger partial charge on any atom is 0.306 e. The number of aliphatic hydroxyl groups excluding tert-OH is 1. The van der Waals surface area contributed by atoms with Gasteiger partial charge in [0.15, 0.2) is 0 Å². The first-order chi connectivity index (χ1) is 7.65. The summed E-state index contributed by atoms with van der Waals surface area (Å²) in [6.07, 6.45) is 1.89. The second-order valence-electron chi connectivity index (χ2n) is 3.53. The van der Waals surface area contributed by atoms with Crippen molar-refractivity contribution in [2.45, 2.75) is 32.8 Å². The van der Waals surface area contributed by atoms with Gasteiger partial charge in [-0.15, -0.1) is 0 Å². The lowest BCUT2D eigenvalue weighted by Crippen LogP contribution is -2.08. The van der Waals surface area contributed by atoms with E-state index in [1.165, 1.54) is 0 Å². The van der Waals surface area contributed by atoms with Crippen LogP contribution < -0.4 is 0 Å². The highest BCUT2D eigenvalue weighted by Gasteiger charge is 2.10. The first kappa shape index (κ1) is 12.6. The van der Waals surface area contributed by atoms with Crippen molar-refractivity contribution in [2.24, 2.45) is 0 Å². The molecule has 1 rings (SSSR count). The molecule has 4 nitrogen and oxygen atoms in total. The number of esters is 1. The minimum Gasteiger partial charge on any atom is -0.466 e. The minimum absolute atomic E-state index is 0.220. The van der Waals surface area contributed by atoms with Gasteiger partial charge in [-0.05, 0) is 31.9 Å². The van der Waals surface area contributed by atoms with Crippen molar-refractivity contribution < 1.29 is 14.6 Å². The van der Waals surface area contributed by atoms with Crippen LogP contribution in [0.4, 0.5) is 0 Å². The third-order valence-corrected chi connectivity index (χ3v) is 2.23. The van der Waals surface area contributed by atoms with E-state index in [0.29, 0.717) is 25.1 Å².